The molecule has 1 aromatic rings. The van der Waals surface area contributed by atoms with Crippen molar-refractivity contribution in [2.24, 2.45) is 0 Å². The number of carboxylic acids is 1. The van der Waals surface area contributed by atoms with Gasteiger partial charge in [-0.3, -0.25) is 0 Å². The Kier molecular flexibility index (Phi) is 3.73. The zero-order valence-electron chi connectivity index (χ0n) is 9.35. The Morgan fingerprint density at radius 2 is 1.94 bits per heavy atom. The smallest absolute Gasteiger partial charge is 0.335 e. The summed E-state index contributed by atoms with van der Waals surface area (Å²) in [7, 11) is 2.85. The molecule has 16 heavy (non-hydrogen) atoms. The van der Waals surface area contributed by atoms with E-state index in [4.69, 9.17) is 14.6 Å². The van der Waals surface area contributed by atoms with E-state index in [2.05, 4.69) is 0 Å². The van der Waals surface area contributed by atoms with Crippen molar-refractivity contribution in [3.63, 3.8) is 0 Å². The third-order valence-electron chi connectivity index (χ3n) is 2.20. The van der Waals surface area contributed by atoms with E-state index >= 15 is 0 Å². The van der Waals surface area contributed by atoms with Gasteiger partial charge in [0.15, 0.2) is 11.5 Å². The summed E-state index contributed by atoms with van der Waals surface area (Å²) in [4.78, 5) is 10.9. The molecular formula is C11H14O5. The van der Waals surface area contributed by atoms with Crippen molar-refractivity contribution < 1.29 is 24.5 Å². The van der Waals surface area contributed by atoms with E-state index in [1.165, 1.54) is 33.3 Å². The molecule has 5 nitrogen and oxygen atoms in total. The lowest BCUT2D eigenvalue weighted by Crippen LogP contribution is -2.04. The molecule has 0 aromatic heterocycles. The van der Waals surface area contributed by atoms with Crippen LogP contribution in [0.5, 0.6) is 11.5 Å². The molecule has 0 amide bonds. The van der Waals surface area contributed by atoms with Gasteiger partial charge in [0.2, 0.25) is 0 Å². The van der Waals surface area contributed by atoms with E-state index in [1.54, 1.807) is 0 Å². The molecule has 0 aliphatic heterocycles. The second-order valence-corrected chi connectivity index (χ2v) is 3.28. The van der Waals surface area contributed by atoms with Crippen LogP contribution in [0.2, 0.25) is 0 Å². The van der Waals surface area contributed by atoms with Gasteiger partial charge in [0.1, 0.15) is 0 Å². The second kappa shape index (κ2) is 4.85. The molecule has 1 unspecified atom stereocenters. The summed E-state index contributed by atoms with van der Waals surface area (Å²) in [6.07, 6.45) is -0.830. The van der Waals surface area contributed by atoms with Gasteiger partial charge in [-0.1, -0.05) is 0 Å². The largest absolute Gasteiger partial charge is 0.493 e. The monoisotopic (exact) mass is 226 g/mol. The minimum Gasteiger partial charge on any atom is -0.493 e. The van der Waals surface area contributed by atoms with Gasteiger partial charge in [-0.05, 0) is 19.1 Å². The molecule has 0 radical (unpaired) electrons. The predicted octanol–water partition coefficient (Wildman–Crippen LogP) is 1.46. The van der Waals surface area contributed by atoms with Crippen LogP contribution in [-0.4, -0.2) is 30.4 Å². The maximum absolute atomic E-state index is 10.9. The molecule has 1 rings (SSSR count). The van der Waals surface area contributed by atoms with Crippen LogP contribution in [0.25, 0.3) is 0 Å². The predicted molar refractivity (Wildman–Crippen MR) is 57.1 cm³/mol. The number of hydrogen-bond acceptors (Lipinski definition) is 4. The van der Waals surface area contributed by atoms with Crippen molar-refractivity contribution in [2.45, 2.75) is 13.0 Å². The number of methoxy groups -OCH3 is 2. The first-order valence-corrected chi connectivity index (χ1v) is 4.68. The minimum atomic E-state index is -1.08. The second-order valence-electron chi connectivity index (χ2n) is 3.28. The summed E-state index contributed by atoms with van der Waals surface area (Å²) in [5, 5.41) is 18.4. The fraction of sp³-hybridized carbons (Fsp3) is 0.364. The highest BCUT2D eigenvalue weighted by Gasteiger charge is 2.18. The third kappa shape index (κ3) is 2.25. The summed E-state index contributed by atoms with van der Waals surface area (Å²) in [5.74, 6) is -0.441. The number of aliphatic hydroxyl groups is 1. The lowest BCUT2D eigenvalue weighted by atomic mass is 10.0. The molecule has 1 atom stereocenters. The van der Waals surface area contributed by atoms with Crippen LogP contribution >= 0.6 is 0 Å². The van der Waals surface area contributed by atoms with E-state index in [1.807, 2.05) is 0 Å². The van der Waals surface area contributed by atoms with Gasteiger partial charge in [-0.15, -0.1) is 0 Å². The lowest BCUT2D eigenvalue weighted by molar-refractivity contribution is 0.0696. The number of ether oxygens (including phenoxy) is 2. The van der Waals surface area contributed by atoms with Gasteiger partial charge in [0.05, 0.1) is 25.9 Å². The van der Waals surface area contributed by atoms with Gasteiger partial charge >= 0.3 is 5.97 Å². The molecule has 0 saturated heterocycles. The summed E-state index contributed by atoms with van der Waals surface area (Å²) < 4.78 is 10.1. The van der Waals surface area contributed by atoms with Crippen molar-refractivity contribution in [3.05, 3.63) is 23.3 Å². The van der Waals surface area contributed by atoms with Gasteiger partial charge in [-0.2, -0.15) is 0 Å². The normalized spacial score (nSPS) is 12.0. The van der Waals surface area contributed by atoms with Gasteiger partial charge in [-0.25, -0.2) is 4.79 Å². The highest BCUT2D eigenvalue weighted by molar-refractivity contribution is 5.89. The molecule has 0 saturated carbocycles. The number of carboxylic acid groups (broad SMARTS) is 1. The van der Waals surface area contributed by atoms with E-state index in [0.29, 0.717) is 17.1 Å². The van der Waals surface area contributed by atoms with Crippen molar-refractivity contribution in [1.82, 2.24) is 0 Å². The Bertz CT molecular complexity index is 398. The molecule has 0 heterocycles. The zero-order valence-corrected chi connectivity index (χ0v) is 9.35. The number of hydrogen-bond donors (Lipinski definition) is 2. The van der Waals surface area contributed by atoms with Gasteiger partial charge in [0.25, 0.3) is 0 Å². The van der Waals surface area contributed by atoms with Crippen molar-refractivity contribution in [1.29, 1.82) is 0 Å². The van der Waals surface area contributed by atoms with E-state index in [9.17, 15) is 9.90 Å². The molecule has 0 bridgehead atoms. The van der Waals surface area contributed by atoms with Crippen LogP contribution in [0.3, 0.4) is 0 Å². The zero-order chi connectivity index (χ0) is 12.3. The van der Waals surface area contributed by atoms with Crippen LogP contribution in [0, 0.1) is 0 Å². The Labute approximate surface area is 93.2 Å². The van der Waals surface area contributed by atoms with Crippen molar-refractivity contribution >= 4 is 5.97 Å². The average molecular weight is 226 g/mol. The molecule has 5 heteroatoms. The molecule has 0 fully saturated rings. The van der Waals surface area contributed by atoms with E-state index < -0.39 is 12.1 Å². The number of aliphatic hydroxyl groups excluding tert-OH is 1. The number of aromatic carboxylic acids is 1. The maximum Gasteiger partial charge on any atom is 0.335 e. The fourth-order valence-corrected chi connectivity index (χ4v) is 1.43. The Hall–Kier alpha value is -1.75. The number of carbonyl (C=O) groups is 1. The van der Waals surface area contributed by atoms with Crippen LogP contribution < -0.4 is 9.47 Å². The minimum absolute atomic E-state index is 0.0496. The summed E-state index contributed by atoms with van der Waals surface area (Å²) >= 11 is 0. The first-order chi connectivity index (χ1) is 7.51. The highest BCUT2D eigenvalue weighted by Crippen LogP contribution is 2.36. The van der Waals surface area contributed by atoms with Crippen molar-refractivity contribution in [2.75, 3.05) is 14.2 Å². The SMILES string of the molecule is COc1cc(C(=O)O)cc(C(C)O)c1OC. The first kappa shape index (κ1) is 12.3. The maximum atomic E-state index is 10.9. The van der Waals surface area contributed by atoms with Gasteiger partial charge < -0.3 is 19.7 Å². The summed E-state index contributed by atoms with van der Waals surface area (Å²) in [6.45, 7) is 1.53. The molecule has 2 N–H and O–H groups in total. The Morgan fingerprint density at radius 3 is 2.31 bits per heavy atom. The van der Waals surface area contributed by atoms with E-state index in [-0.39, 0.29) is 5.56 Å². The van der Waals surface area contributed by atoms with Crippen LogP contribution in [0.1, 0.15) is 28.9 Å². The average Bonchev–Trinajstić information content (AvgIpc) is 2.26. The molecule has 1 aromatic carbocycles. The Morgan fingerprint density at radius 1 is 1.31 bits per heavy atom. The van der Waals surface area contributed by atoms with Crippen LogP contribution in [0.15, 0.2) is 12.1 Å². The van der Waals surface area contributed by atoms with Crippen LogP contribution in [0.4, 0.5) is 0 Å². The number of benzene rings is 1. The molecular weight excluding hydrogens is 212 g/mol. The molecule has 0 spiro atoms. The van der Waals surface area contributed by atoms with Crippen molar-refractivity contribution in [3.8, 4) is 11.5 Å². The molecule has 88 valence electrons. The fourth-order valence-electron chi connectivity index (χ4n) is 1.43. The molecule has 0 aliphatic rings. The topological polar surface area (TPSA) is 76.0 Å². The summed E-state index contributed by atoms with van der Waals surface area (Å²) in [5.41, 5.74) is 0.438. The lowest BCUT2D eigenvalue weighted by Gasteiger charge is -2.15. The first-order valence-electron chi connectivity index (χ1n) is 4.68. The summed E-state index contributed by atoms with van der Waals surface area (Å²) in [6, 6.07) is 2.72. The van der Waals surface area contributed by atoms with Gasteiger partial charge in [0, 0.05) is 5.56 Å². The third-order valence-corrected chi connectivity index (χ3v) is 2.20. The Balaban J connectivity index is 3.43. The highest BCUT2D eigenvalue weighted by atomic mass is 16.5. The van der Waals surface area contributed by atoms with Crippen LogP contribution in [-0.2, 0) is 0 Å². The molecule has 0 aliphatic carbocycles. The standard InChI is InChI=1S/C11H14O5/c1-6(12)8-4-7(11(13)14)5-9(15-2)10(8)16-3/h4-6,12H,1-3H3,(H,13,14). The quantitative estimate of drug-likeness (QED) is 0.812. The van der Waals surface area contributed by atoms with E-state index in [0.717, 1.165) is 0 Å². The number of rotatable bonds is 4.